The number of hydrogen-bond donors (Lipinski definition) is 2. The predicted molar refractivity (Wildman–Crippen MR) is 125 cm³/mol. The summed E-state index contributed by atoms with van der Waals surface area (Å²) in [6.45, 7) is 3.90. The van der Waals surface area contributed by atoms with Gasteiger partial charge in [0, 0.05) is 46.6 Å². The van der Waals surface area contributed by atoms with Gasteiger partial charge in [0.2, 0.25) is 5.91 Å². The smallest absolute Gasteiger partial charge is 0.338 e. The lowest BCUT2D eigenvalue weighted by Crippen LogP contribution is -2.21. The first-order valence-electron chi connectivity index (χ1n) is 10.3. The van der Waals surface area contributed by atoms with Crippen molar-refractivity contribution >= 4 is 51.0 Å². The van der Waals surface area contributed by atoms with Gasteiger partial charge in [0.15, 0.2) is 6.61 Å². The van der Waals surface area contributed by atoms with Crippen molar-refractivity contribution in [3.8, 4) is 0 Å². The minimum atomic E-state index is -0.645. The summed E-state index contributed by atoms with van der Waals surface area (Å²) in [7, 11) is 0. The number of amides is 2. The van der Waals surface area contributed by atoms with E-state index in [-0.39, 0.29) is 11.5 Å². The maximum Gasteiger partial charge on any atom is 0.338 e. The van der Waals surface area contributed by atoms with Crippen LogP contribution in [0.3, 0.4) is 0 Å². The molecule has 0 aliphatic heterocycles. The molecule has 3 aromatic carbocycles. The van der Waals surface area contributed by atoms with Crippen molar-refractivity contribution in [2.24, 2.45) is 0 Å². The number of hydrogen-bond acceptors (Lipinski definition) is 4. The van der Waals surface area contributed by atoms with Gasteiger partial charge in [-0.3, -0.25) is 9.59 Å². The van der Waals surface area contributed by atoms with E-state index in [9.17, 15) is 14.4 Å². The van der Waals surface area contributed by atoms with Gasteiger partial charge in [-0.1, -0.05) is 24.3 Å². The minimum Gasteiger partial charge on any atom is -0.452 e. The average molecular weight is 429 g/mol. The summed E-state index contributed by atoms with van der Waals surface area (Å²) in [5.41, 5.74) is 3.60. The number of aromatic nitrogens is 1. The second-order valence-corrected chi connectivity index (χ2v) is 7.38. The van der Waals surface area contributed by atoms with Crippen LogP contribution < -0.4 is 10.6 Å². The molecular formula is C25H23N3O4. The van der Waals surface area contributed by atoms with Gasteiger partial charge in [-0.25, -0.2) is 4.79 Å². The molecule has 0 aliphatic rings. The third-order valence-electron chi connectivity index (χ3n) is 5.13. The second-order valence-electron chi connectivity index (χ2n) is 7.38. The Bertz CT molecular complexity index is 1340. The van der Waals surface area contributed by atoms with Crippen LogP contribution in [0, 0.1) is 0 Å². The van der Waals surface area contributed by atoms with Gasteiger partial charge in [0.1, 0.15) is 0 Å². The summed E-state index contributed by atoms with van der Waals surface area (Å²) in [5, 5.41) is 7.56. The Hall–Kier alpha value is -4.13. The molecule has 0 radical (unpaired) electrons. The van der Waals surface area contributed by atoms with E-state index in [0.717, 1.165) is 28.4 Å². The fourth-order valence-corrected chi connectivity index (χ4v) is 3.81. The van der Waals surface area contributed by atoms with Gasteiger partial charge < -0.3 is 19.9 Å². The van der Waals surface area contributed by atoms with Gasteiger partial charge in [-0.15, -0.1) is 0 Å². The summed E-state index contributed by atoms with van der Waals surface area (Å²) in [6, 6.07) is 20.2. The topological polar surface area (TPSA) is 89.4 Å². The number of carbonyl (C=O) groups excluding carboxylic acids is 3. The number of esters is 1. The van der Waals surface area contributed by atoms with Crippen molar-refractivity contribution in [3.63, 3.8) is 0 Å². The van der Waals surface area contributed by atoms with E-state index in [4.69, 9.17) is 4.74 Å². The molecule has 7 nitrogen and oxygen atoms in total. The molecule has 0 saturated carbocycles. The van der Waals surface area contributed by atoms with Crippen molar-refractivity contribution in [2.75, 3.05) is 17.2 Å². The molecule has 0 spiro atoms. The van der Waals surface area contributed by atoms with E-state index < -0.39 is 18.5 Å². The van der Waals surface area contributed by atoms with E-state index in [0.29, 0.717) is 11.4 Å². The molecule has 0 unspecified atom stereocenters. The van der Waals surface area contributed by atoms with E-state index in [1.807, 2.05) is 30.3 Å². The predicted octanol–water partition coefficient (Wildman–Crippen LogP) is 4.57. The quantitative estimate of drug-likeness (QED) is 0.440. The summed E-state index contributed by atoms with van der Waals surface area (Å²) >= 11 is 0. The van der Waals surface area contributed by atoms with Crippen LogP contribution in [0.1, 0.15) is 24.2 Å². The van der Waals surface area contributed by atoms with Crippen molar-refractivity contribution in [1.29, 1.82) is 0 Å². The standard InChI is InChI=1S/C25H23N3O4/c1-3-28-22-10-5-4-9-20(22)21-14-19(11-12-23(21)28)27-24(30)15-32-25(31)17-7-6-8-18(13-17)26-16(2)29/h4-14H,3,15H2,1-2H3,(H,26,29)(H,27,30). The minimum absolute atomic E-state index is 0.242. The SMILES string of the molecule is CCn1c2ccccc2c2cc(NC(=O)COC(=O)c3cccc(NC(C)=O)c3)ccc21. The Kier molecular flexibility index (Phi) is 5.89. The van der Waals surface area contributed by atoms with E-state index in [1.54, 1.807) is 18.2 Å². The first-order valence-corrected chi connectivity index (χ1v) is 10.3. The molecule has 0 saturated heterocycles. The highest BCUT2D eigenvalue weighted by Gasteiger charge is 2.13. The monoisotopic (exact) mass is 429 g/mol. The molecule has 0 fully saturated rings. The average Bonchev–Trinajstić information content (AvgIpc) is 3.10. The molecule has 0 bridgehead atoms. The zero-order chi connectivity index (χ0) is 22.7. The van der Waals surface area contributed by atoms with Crippen LogP contribution in [0.4, 0.5) is 11.4 Å². The van der Waals surface area contributed by atoms with Gasteiger partial charge in [0.25, 0.3) is 5.91 Å². The second kappa shape index (κ2) is 8.93. The number of carbonyl (C=O) groups is 3. The Morgan fingerprint density at radius 3 is 2.38 bits per heavy atom. The number of ether oxygens (including phenoxy) is 1. The molecule has 0 atom stereocenters. The highest BCUT2D eigenvalue weighted by Crippen LogP contribution is 2.30. The molecule has 1 heterocycles. The van der Waals surface area contributed by atoms with Crippen molar-refractivity contribution in [1.82, 2.24) is 4.57 Å². The molecule has 2 amide bonds. The lowest BCUT2D eigenvalue weighted by atomic mass is 10.1. The molecule has 32 heavy (non-hydrogen) atoms. The van der Waals surface area contributed by atoms with E-state index in [1.165, 1.54) is 13.0 Å². The molecule has 4 rings (SSSR count). The largest absolute Gasteiger partial charge is 0.452 e. The molecule has 162 valence electrons. The molecule has 0 aliphatic carbocycles. The summed E-state index contributed by atoms with van der Waals surface area (Å²) in [4.78, 5) is 35.8. The first kappa shape index (κ1) is 21.1. The van der Waals surface area contributed by atoms with Crippen LogP contribution in [-0.2, 0) is 20.9 Å². The highest BCUT2D eigenvalue weighted by molar-refractivity contribution is 6.10. The van der Waals surface area contributed by atoms with E-state index >= 15 is 0 Å². The summed E-state index contributed by atoms with van der Waals surface area (Å²) < 4.78 is 7.36. The zero-order valence-electron chi connectivity index (χ0n) is 17.8. The van der Waals surface area contributed by atoms with Gasteiger partial charge in [-0.05, 0) is 49.4 Å². The number of anilines is 2. The van der Waals surface area contributed by atoms with Crippen LogP contribution in [0.5, 0.6) is 0 Å². The number of rotatable bonds is 6. The highest BCUT2D eigenvalue weighted by atomic mass is 16.5. The Labute approximate surface area is 185 Å². The van der Waals surface area contributed by atoms with Crippen molar-refractivity contribution in [3.05, 3.63) is 72.3 Å². The fourth-order valence-electron chi connectivity index (χ4n) is 3.81. The number of benzene rings is 3. The van der Waals surface area contributed by atoms with Crippen molar-refractivity contribution < 1.29 is 19.1 Å². The van der Waals surface area contributed by atoms with Crippen LogP contribution in [0.25, 0.3) is 21.8 Å². The molecule has 2 N–H and O–H groups in total. The molecule has 4 aromatic rings. The third-order valence-corrected chi connectivity index (χ3v) is 5.13. The lowest BCUT2D eigenvalue weighted by Gasteiger charge is -2.08. The number of nitrogens with one attached hydrogen (secondary N) is 2. The maximum absolute atomic E-state index is 12.4. The van der Waals surface area contributed by atoms with Gasteiger partial charge >= 0.3 is 5.97 Å². The normalized spacial score (nSPS) is 10.8. The lowest BCUT2D eigenvalue weighted by molar-refractivity contribution is -0.119. The Morgan fingerprint density at radius 1 is 0.844 bits per heavy atom. The van der Waals surface area contributed by atoms with Gasteiger partial charge in [0.05, 0.1) is 5.56 Å². The van der Waals surface area contributed by atoms with Crippen LogP contribution >= 0.6 is 0 Å². The molecule has 1 aromatic heterocycles. The summed E-state index contributed by atoms with van der Waals surface area (Å²) in [5.74, 6) is -1.32. The maximum atomic E-state index is 12.4. The van der Waals surface area contributed by atoms with Crippen LogP contribution in [0.15, 0.2) is 66.7 Å². The zero-order valence-corrected chi connectivity index (χ0v) is 17.8. The number of fused-ring (bicyclic) bond motifs is 3. The number of aryl methyl sites for hydroxylation is 1. The number of nitrogens with zero attached hydrogens (tertiary/aromatic N) is 1. The van der Waals surface area contributed by atoms with Gasteiger partial charge in [-0.2, -0.15) is 0 Å². The van der Waals surface area contributed by atoms with Crippen LogP contribution in [0.2, 0.25) is 0 Å². The third kappa shape index (κ3) is 4.32. The van der Waals surface area contributed by atoms with Crippen molar-refractivity contribution in [2.45, 2.75) is 20.4 Å². The fraction of sp³-hybridized carbons (Fsp3) is 0.160. The molecule has 7 heteroatoms. The van der Waals surface area contributed by atoms with Crippen LogP contribution in [-0.4, -0.2) is 29.0 Å². The number of para-hydroxylation sites is 1. The Balaban J connectivity index is 1.45. The Morgan fingerprint density at radius 2 is 1.59 bits per heavy atom. The molecular weight excluding hydrogens is 406 g/mol. The summed E-state index contributed by atoms with van der Waals surface area (Å²) in [6.07, 6.45) is 0. The first-order chi connectivity index (χ1) is 15.5. The van der Waals surface area contributed by atoms with E-state index in [2.05, 4.69) is 34.3 Å².